The molecule has 0 fully saturated rings. The van der Waals surface area contributed by atoms with Gasteiger partial charge in [0.1, 0.15) is 17.2 Å². The van der Waals surface area contributed by atoms with Crippen molar-refractivity contribution in [3.05, 3.63) is 50.9 Å². The number of hydrogen-bond donors (Lipinski definition) is 2. The minimum Gasteiger partial charge on any atom is -0.497 e. The molecule has 0 radical (unpaired) electrons. The molecule has 0 aromatic heterocycles. The number of methoxy groups -OCH3 is 1. The largest absolute Gasteiger partial charge is 0.497 e. The third-order valence-electron chi connectivity index (χ3n) is 2.69. The molecule has 0 heterocycles. The van der Waals surface area contributed by atoms with Gasteiger partial charge in [0.05, 0.1) is 17.1 Å². The van der Waals surface area contributed by atoms with Gasteiger partial charge in [0, 0.05) is 4.47 Å². The van der Waals surface area contributed by atoms with Gasteiger partial charge in [0.25, 0.3) is 0 Å². The predicted octanol–water partition coefficient (Wildman–Crippen LogP) is 4.11. The number of amidine groups is 1. The summed E-state index contributed by atoms with van der Waals surface area (Å²) >= 11 is 6.78. The Kier molecular flexibility index (Phi) is 5.08. The smallest absolute Gasteiger partial charge is 0.173 e. The van der Waals surface area contributed by atoms with Crippen LogP contribution in [-0.2, 0) is 0 Å². The van der Waals surface area contributed by atoms with Crippen molar-refractivity contribution >= 4 is 37.7 Å². The Hall–Kier alpha value is -1.73. The molecule has 0 spiro atoms. The lowest BCUT2D eigenvalue weighted by atomic mass is 10.2. The molecule has 0 aliphatic rings. The summed E-state index contributed by atoms with van der Waals surface area (Å²) in [4.78, 5) is 0. The van der Waals surface area contributed by atoms with E-state index in [0.717, 1.165) is 8.95 Å². The molecule has 110 valence electrons. The van der Waals surface area contributed by atoms with Crippen LogP contribution in [0.3, 0.4) is 0 Å². The highest BCUT2D eigenvalue weighted by molar-refractivity contribution is 9.10. The van der Waals surface area contributed by atoms with E-state index in [2.05, 4.69) is 37.0 Å². The van der Waals surface area contributed by atoms with Crippen LogP contribution in [-0.4, -0.2) is 18.2 Å². The Bertz CT molecular complexity index is 690. The molecule has 0 aliphatic carbocycles. The number of halogens is 2. The molecule has 0 saturated heterocycles. The fourth-order valence-electron chi connectivity index (χ4n) is 1.66. The van der Waals surface area contributed by atoms with E-state index in [9.17, 15) is 0 Å². The zero-order chi connectivity index (χ0) is 15.4. The first-order valence-corrected chi connectivity index (χ1v) is 7.42. The molecule has 0 bridgehead atoms. The third-order valence-corrected chi connectivity index (χ3v) is 3.80. The first-order valence-electron chi connectivity index (χ1n) is 5.84. The van der Waals surface area contributed by atoms with Gasteiger partial charge >= 0.3 is 0 Å². The molecule has 2 aromatic carbocycles. The second-order valence-electron chi connectivity index (χ2n) is 4.02. The molecule has 5 nitrogen and oxygen atoms in total. The van der Waals surface area contributed by atoms with Gasteiger partial charge in [-0.1, -0.05) is 21.1 Å². The van der Waals surface area contributed by atoms with E-state index in [1.165, 1.54) is 0 Å². The maximum atomic E-state index is 8.84. The SMILES string of the molecule is COc1ccc(Oc2cc(Br)ccc2/C(N)=N/O)c(Br)c1. The Balaban J connectivity index is 2.41. The van der Waals surface area contributed by atoms with Gasteiger partial charge in [-0.3, -0.25) is 0 Å². The molecule has 0 atom stereocenters. The lowest BCUT2D eigenvalue weighted by Crippen LogP contribution is -2.14. The van der Waals surface area contributed by atoms with E-state index in [4.69, 9.17) is 20.4 Å². The second kappa shape index (κ2) is 6.82. The monoisotopic (exact) mass is 414 g/mol. The van der Waals surface area contributed by atoms with Gasteiger partial charge in [-0.2, -0.15) is 0 Å². The second-order valence-corrected chi connectivity index (χ2v) is 5.79. The lowest BCUT2D eigenvalue weighted by molar-refractivity contribution is 0.318. The van der Waals surface area contributed by atoms with E-state index in [1.807, 2.05) is 0 Å². The highest BCUT2D eigenvalue weighted by Crippen LogP contribution is 2.35. The fourth-order valence-corrected chi connectivity index (χ4v) is 2.43. The van der Waals surface area contributed by atoms with Crippen LogP contribution in [0.2, 0.25) is 0 Å². The molecular weight excluding hydrogens is 404 g/mol. The summed E-state index contributed by atoms with van der Waals surface area (Å²) in [7, 11) is 1.59. The van der Waals surface area contributed by atoms with Gasteiger partial charge in [-0.05, 0) is 52.3 Å². The van der Waals surface area contributed by atoms with Crippen LogP contribution in [0.15, 0.2) is 50.5 Å². The summed E-state index contributed by atoms with van der Waals surface area (Å²) in [6.07, 6.45) is 0. The van der Waals surface area contributed by atoms with Crippen LogP contribution in [0.4, 0.5) is 0 Å². The van der Waals surface area contributed by atoms with Gasteiger partial charge < -0.3 is 20.4 Å². The number of nitrogens with zero attached hydrogens (tertiary/aromatic N) is 1. The average Bonchev–Trinajstić information content (AvgIpc) is 2.48. The Morgan fingerprint density at radius 3 is 2.52 bits per heavy atom. The molecule has 0 saturated carbocycles. The number of benzene rings is 2. The maximum Gasteiger partial charge on any atom is 0.173 e. The predicted molar refractivity (Wildman–Crippen MR) is 87.4 cm³/mol. The summed E-state index contributed by atoms with van der Waals surface area (Å²) in [5.41, 5.74) is 6.14. The Morgan fingerprint density at radius 1 is 1.14 bits per heavy atom. The highest BCUT2D eigenvalue weighted by atomic mass is 79.9. The van der Waals surface area contributed by atoms with Crippen LogP contribution >= 0.6 is 31.9 Å². The Morgan fingerprint density at radius 2 is 1.90 bits per heavy atom. The third kappa shape index (κ3) is 3.68. The molecule has 2 aromatic rings. The van der Waals surface area contributed by atoms with Crippen molar-refractivity contribution in [1.29, 1.82) is 0 Å². The van der Waals surface area contributed by atoms with Crippen LogP contribution in [0.25, 0.3) is 0 Å². The molecule has 0 aliphatic heterocycles. The van der Waals surface area contributed by atoms with E-state index in [1.54, 1.807) is 43.5 Å². The van der Waals surface area contributed by atoms with Crippen molar-refractivity contribution < 1.29 is 14.7 Å². The van der Waals surface area contributed by atoms with E-state index in [0.29, 0.717) is 22.8 Å². The fraction of sp³-hybridized carbons (Fsp3) is 0.0714. The summed E-state index contributed by atoms with van der Waals surface area (Å²) < 4.78 is 12.5. The zero-order valence-corrected chi connectivity index (χ0v) is 14.2. The summed E-state index contributed by atoms with van der Waals surface area (Å²) in [5, 5.41) is 11.8. The number of rotatable bonds is 4. The summed E-state index contributed by atoms with van der Waals surface area (Å²) in [6.45, 7) is 0. The lowest BCUT2D eigenvalue weighted by Gasteiger charge is -2.12. The van der Waals surface area contributed by atoms with Crippen molar-refractivity contribution in [1.82, 2.24) is 0 Å². The summed E-state index contributed by atoms with van der Waals surface area (Å²) in [5.74, 6) is 1.73. The highest BCUT2D eigenvalue weighted by Gasteiger charge is 2.12. The number of hydrogen-bond acceptors (Lipinski definition) is 4. The molecule has 2 rings (SSSR count). The van der Waals surface area contributed by atoms with Gasteiger partial charge in [-0.15, -0.1) is 0 Å². The van der Waals surface area contributed by atoms with Gasteiger partial charge in [-0.25, -0.2) is 0 Å². The topological polar surface area (TPSA) is 77.1 Å². The average molecular weight is 416 g/mol. The van der Waals surface area contributed by atoms with Crippen molar-refractivity contribution in [3.8, 4) is 17.2 Å². The van der Waals surface area contributed by atoms with E-state index < -0.39 is 0 Å². The molecule has 3 N–H and O–H groups in total. The number of nitrogens with two attached hydrogens (primary N) is 1. The van der Waals surface area contributed by atoms with Gasteiger partial charge in [0.2, 0.25) is 0 Å². The molecular formula is C14H12Br2N2O3. The minimum atomic E-state index is -0.0258. The Labute approximate surface area is 138 Å². The molecule has 7 heteroatoms. The first-order chi connectivity index (χ1) is 10.0. The van der Waals surface area contributed by atoms with E-state index >= 15 is 0 Å². The maximum absolute atomic E-state index is 8.84. The minimum absolute atomic E-state index is 0.0258. The molecule has 21 heavy (non-hydrogen) atoms. The molecule has 0 unspecified atom stereocenters. The van der Waals surface area contributed by atoms with Crippen molar-refractivity contribution in [2.75, 3.05) is 7.11 Å². The van der Waals surface area contributed by atoms with Crippen molar-refractivity contribution in [2.45, 2.75) is 0 Å². The van der Waals surface area contributed by atoms with Crippen molar-refractivity contribution in [3.63, 3.8) is 0 Å². The van der Waals surface area contributed by atoms with Gasteiger partial charge in [0.15, 0.2) is 5.84 Å². The van der Waals surface area contributed by atoms with Crippen LogP contribution in [0.1, 0.15) is 5.56 Å². The normalized spacial score (nSPS) is 11.3. The van der Waals surface area contributed by atoms with Crippen LogP contribution in [0.5, 0.6) is 17.2 Å². The molecule has 0 amide bonds. The zero-order valence-electron chi connectivity index (χ0n) is 11.0. The number of ether oxygens (including phenoxy) is 2. The van der Waals surface area contributed by atoms with Crippen LogP contribution in [0, 0.1) is 0 Å². The quantitative estimate of drug-likeness (QED) is 0.341. The van der Waals surface area contributed by atoms with E-state index in [-0.39, 0.29) is 5.84 Å². The first kappa shape index (κ1) is 15.7. The summed E-state index contributed by atoms with van der Waals surface area (Å²) in [6, 6.07) is 10.6. The van der Waals surface area contributed by atoms with Crippen molar-refractivity contribution in [2.24, 2.45) is 10.9 Å². The van der Waals surface area contributed by atoms with Crippen LogP contribution < -0.4 is 15.2 Å². The number of oxime groups is 1. The standard InChI is InChI=1S/C14H12Br2N2O3/c1-20-9-3-5-12(11(16)7-9)21-13-6-8(15)2-4-10(13)14(17)18-19/h2-7,19H,1H3,(H2,17,18).